The number of hydrogen-bond donors (Lipinski definition) is 1. The summed E-state index contributed by atoms with van der Waals surface area (Å²) in [5.74, 6) is 0.217. The van der Waals surface area contributed by atoms with E-state index in [0.717, 1.165) is 25.9 Å². The Morgan fingerprint density at radius 3 is 2.67 bits per heavy atom. The van der Waals surface area contributed by atoms with Crippen LogP contribution >= 0.6 is 11.6 Å². The van der Waals surface area contributed by atoms with Crippen molar-refractivity contribution in [2.75, 3.05) is 23.7 Å². The van der Waals surface area contributed by atoms with E-state index in [1.54, 1.807) is 6.07 Å². The van der Waals surface area contributed by atoms with Crippen molar-refractivity contribution in [1.82, 2.24) is 9.78 Å². The molecule has 0 aliphatic carbocycles. The smallest absolute Gasteiger partial charge is 0.171 e. The van der Waals surface area contributed by atoms with Gasteiger partial charge in [0.1, 0.15) is 23.3 Å². The van der Waals surface area contributed by atoms with Crippen LogP contribution in [0.5, 0.6) is 0 Å². The Morgan fingerprint density at radius 1 is 1.33 bits per heavy atom. The summed E-state index contributed by atoms with van der Waals surface area (Å²) < 4.78 is 15.0. The lowest BCUT2D eigenvalue weighted by molar-refractivity contribution is 0.626. The van der Waals surface area contributed by atoms with Crippen molar-refractivity contribution in [2.45, 2.75) is 12.8 Å². The molecule has 2 N–H and O–H groups in total. The van der Waals surface area contributed by atoms with Gasteiger partial charge in [0.2, 0.25) is 0 Å². The monoisotopic (exact) mass is 305 g/mol. The molecular weight excluding hydrogens is 293 g/mol. The summed E-state index contributed by atoms with van der Waals surface area (Å²) in [6.07, 6.45) is 2.13. The van der Waals surface area contributed by atoms with Gasteiger partial charge in [0.15, 0.2) is 5.82 Å². The van der Waals surface area contributed by atoms with Crippen molar-refractivity contribution >= 4 is 23.2 Å². The van der Waals surface area contributed by atoms with E-state index < -0.39 is 5.82 Å². The highest BCUT2D eigenvalue weighted by Gasteiger charge is 2.23. The number of aromatic nitrogens is 2. The molecule has 3 rings (SSSR count). The minimum Gasteiger partial charge on any atom is -0.382 e. The summed E-state index contributed by atoms with van der Waals surface area (Å²) in [7, 11) is 0. The van der Waals surface area contributed by atoms with E-state index in [2.05, 4.69) is 11.2 Å². The normalized spacial score (nSPS) is 14.4. The second-order valence-electron chi connectivity index (χ2n) is 4.90. The fourth-order valence-corrected chi connectivity index (χ4v) is 2.61. The minimum absolute atomic E-state index is 0.0322. The van der Waals surface area contributed by atoms with E-state index in [9.17, 15) is 9.65 Å². The van der Waals surface area contributed by atoms with E-state index in [4.69, 9.17) is 17.3 Å². The molecule has 1 aliphatic rings. The van der Waals surface area contributed by atoms with E-state index in [1.807, 2.05) is 4.90 Å². The predicted molar refractivity (Wildman–Crippen MR) is 79.1 cm³/mol. The second kappa shape index (κ2) is 5.26. The zero-order chi connectivity index (χ0) is 15.0. The van der Waals surface area contributed by atoms with Crippen molar-refractivity contribution in [3.05, 3.63) is 34.6 Å². The topological polar surface area (TPSA) is 70.9 Å². The highest BCUT2D eigenvalue weighted by Crippen LogP contribution is 2.30. The van der Waals surface area contributed by atoms with Crippen LogP contribution in [0, 0.1) is 17.1 Å². The number of halogens is 2. The standard InChI is InChI=1S/C14H13ClFN5/c15-11-4-3-9(7-12(11)16)21-13(18)10(8-17)14(19-21)20-5-1-2-6-20/h3-4,7H,1-2,5-6,18H2. The zero-order valence-corrected chi connectivity index (χ0v) is 11.9. The van der Waals surface area contributed by atoms with Gasteiger partial charge in [-0.1, -0.05) is 11.6 Å². The molecule has 1 saturated heterocycles. The number of nitrogen functional groups attached to an aromatic ring is 1. The minimum atomic E-state index is -0.551. The van der Waals surface area contributed by atoms with Crippen LogP contribution in [0.4, 0.5) is 16.0 Å². The molecule has 21 heavy (non-hydrogen) atoms. The first kappa shape index (κ1) is 13.7. The summed E-state index contributed by atoms with van der Waals surface area (Å²) in [5, 5.41) is 13.7. The van der Waals surface area contributed by atoms with Crippen molar-refractivity contribution in [3.8, 4) is 11.8 Å². The largest absolute Gasteiger partial charge is 0.382 e. The van der Waals surface area contributed by atoms with Crippen LogP contribution in [0.3, 0.4) is 0 Å². The van der Waals surface area contributed by atoms with Crippen LogP contribution in [-0.2, 0) is 0 Å². The number of benzene rings is 1. The lowest BCUT2D eigenvalue weighted by atomic mass is 10.3. The van der Waals surface area contributed by atoms with Gasteiger partial charge in [0.05, 0.1) is 10.7 Å². The molecule has 0 spiro atoms. The maximum atomic E-state index is 13.6. The molecule has 7 heteroatoms. The quantitative estimate of drug-likeness (QED) is 0.926. The summed E-state index contributed by atoms with van der Waals surface area (Å²) in [6, 6.07) is 6.39. The van der Waals surface area contributed by atoms with Crippen LogP contribution in [-0.4, -0.2) is 22.9 Å². The van der Waals surface area contributed by atoms with Crippen LogP contribution in [0.15, 0.2) is 18.2 Å². The van der Waals surface area contributed by atoms with Crippen LogP contribution in [0.1, 0.15) is 18.4 Å². The number of hydrogen-bond acceptors (Lipinski definition) is 4. The average Bonchev–Trinajstić information content (AvgIpc) is 3.09. The van der Waals surface area contributed by atoms with E-state index in [1.165, 1.54) is 16.8 Å². The average molecular weight is 306 g/mol. The van der Waals surface area contributed by atoms with Gasteiger partial charge in [-0.3, -0.25) is 0 Å². The summed E-state index contributed by atoms with van der Waals surface area (Å²) in [5.41, 5.74) is 6.77. The van der Waals surface area contributed by atoms with Gasteiger partial charge < -0.3 is 10.6 Å². The molecule has 1 aliphatic heterocycles. The SMILES string of the molecule is N#Cc1c(N2CCCC2)nn(-c2ccc(Cl)c(F)c2)c1N. The molecule has 108 valence electrons. The second-order valence-corrected chi connectivity index (χ2v) is 5.31. The van der Waals surface area contributed by atoms with Crippen molar-refractivity contribution < 1.29 is 4.39 Å². The van der Waals surface area contributed by atoms with Gasteiger partial charge >= 0.3 is 0 Å². The maximum Gasteiger partial charge on any atom is 0.171 e. The van der Waals surface area contributed by atoms with Gasteiger partial charge in [-0.05, 0) is 25.0 Å². The molecule has 0 amide bonds. The molecule has 1 aromatic heterocycles. The Morgan fingerprint density at radius 2 is 2.05 bits per heavy atom. The molecule has 0 bridgehead atoms. The third-order valence-corrected chi connectivity index (χ3v) is 3.87. The Labute approximate surface area is 126 Å². The Balaban J connectivity index is 2.10. The number of rotatable bonds is 2. The fraction of sp³-hybridized carbons (Fsp3) is 0.286. The molecule has 2 aromatic rings. The van der Waals surface area contributed by atoms with Gasteiger partial charge in [-0.2, -0.15) is 5.26 Å². The van der Waals surface area contributed by atoms with Gasteiger partial charge in [0, 0.05) is 19.2 Å². The van der Waals surface area contributed by atoms with E-state index in [-0.39, 0.29) is 10.8 Å². The molecule has 0 unspecified atom stereocenters. The molecular formula is C14H13ClFN5. The third kappa shape index (κ3) is 2.30. The van der Waals surface area contributed by atoms with Gasteiger partial charge in [0.25, 0.3) is 0 Å². The molecule has 0 saturated carbocycles. The highest BCUT2D eigenvalue weighted by molar-refractivity contribution is 6.30. The maximum absolute atomic E-state index is 13.6. The molecule has 1 fully saturated rings. The first-order valence-corrected chi connectivity index (χ1v) is 6.98. The van der Waals surface area contributed by atoms with Crippen molar-refractivity contribution in [2.24, 2.45) is 0 Å². The van der Waals surface area contributed by atoms with Crippen molar-refractivity contribution in [3.63, 3.8) is 0 Å². The first-order chi connectivity index (χ1) is 10.1. The number of nitrogens with zero attached hydrogens (tertiary/aromatic N) is 4. The van der Waals surface area contributed by atoms with Gasteiger partial charge in [-0.25, -0.2) is 9.07 Å². The van der Waals surface area contributed by atoms with Crippen molar-refractivity contribution in [1.29, 1.82) is 5.26 Å². The van der Waals surface area contributed by atoms with Crippen LogP contribution in [0.2, 0.25) is 5.02 Å². The van der Waals surface area contributed by atoms with Crippen LogP contribution < -0.4 is 10.6 Å². The van der Waals surface area contributed by atoms with Gasteiger partial charge in [-0.15, -0.1) is 5.10 Å². The van der Waals surface area contributed by atoms with E-state index >= 15 is 0 Å². The van der Waals surface area contributed by atoms with E-state index in [0.29, 0.717) is 17.1 Å². The highest BCUT2D eigenvalue weighted by atomic mass is 35.5. The number of nitrogens with two attached hydrogens (primary N) is 1. The molecule has 0 radical (unpaired) electrons. The summed E-state index contributed by atoms with van der Waals surface area (Å²) in [6.45, 7) is 1.69. The van der Waals surface area contributed by atoms with Crippen LogP contribution in [0.25, 0.3) is 5.69 Å². The predicted octanol–water partition coefficient (Wildman–Crippen LogP) is 2.72. The first-order valence-electron chi connectivity index (χ1n) is 6.61. The number of anilines is 2. The summed E-state index contributed by atoms with van der Waals surface area (Å²) in [4.78, 5) is 2.03. The molecule has 0 atom stereocenters. The lowest BCUT2D eigenvalue weighted by Crippen LogP contribution is -2.19. The lowest BCUT2D eigenvalue weighted by Gasteiger charge is -2.13. The third-order valence-electron chi connectivity index (χ3n) is 3.57. The Hall–Kier alpha value is -2.26. The molecule has 1 aromatic carbocycles. The fourth-order valence-electron chi connectivity index (χ4n) is 2.49. The molecule has 5 nitrogen and oxygen atoms in total. The Kier molecular flexibility index (Phi) is 3.43. The number of nitriles is 1. The Bertz CT molecular complexity index is 728. The molecule has 2 heterocycles. The summed E-state index contributed by atoms with van der Waals surface area (Å²) >= 11 is 5.68. The zero-order valence-electron chi connectivity index (χ0n) is 11.2.